The topological polar surface area (TPSA) is 35.6 Å². The van der Waals surface area contributed by atoms with Gasteiger partial charge in [0, 0.05) is 49.6 Å². The van der Waals surface area contributed by atoms with Crippen molar-refractivity contribution in [2.45, 2.75) is 50.6 Å². The first-order valence-corrected chi connectivity index (χ1v) is 9.81. The SMILES string of the molecule is O=C(CC1CSCCN1)N1CCC(N2CCCCC2)CC1. The van der Waals surface area contributed by atoms with Crippen LogP contribution in [0, 0.1) is 0 Å². The first kappa shape index (κ1) is 15.6. The van der Waals surface area contributed by atoms with Crippen LogP contribution in [0.15, 0.2) is 0 Å². The Labute approximate surface area is 133 Å². The summed E-state index contributed by atoms with van der Waals surface area (Å²) in [7, 11) is 0. The van der Waals surface area contributed by atoms with Gasteiger partial charge < -0.3 is 15.1 Å². The maximum atomic E-state index is 12.4. The molecule has 0 radical (unpaired) electrons. The Hall–Kier alpha value is -0.260. The third-order valence-corrected chi connectivity index (χ3v) is 6.27. The minimum atomic E-state index is 0.368. The van der Waals surface area contributed by atoms with Gasteiger partial charge >= 0.3 is 0 Å². The van der Waals surface area contributed by atoms with Crippen LogP contribution in [-0.2, 0) is 4.79 Å². The molecule has 3 saturated heterocycles. The average molecular weight is 311 g/mol. The summed E-state index contributed by atoms with van der Waals surface area (Å²) >= 11 is 1.97. The molecule has 0 aromatic rings. The molecule has 0 aromatic heterocycles. The molecule has 3 aliphatic heterocycles. The van der Waals surface area contributed by atoms with Crippen molar-refractivity contribution in [1.82, 2.24) is 15.1 Å². The smallest absolute Gasteiger partial charge is 0.224 e. The molecule has 0 aromatic carbocycles. The Bertz CT molecular complexity index is 332. The lowest BCUT2D eigenvalue weighted by Crippen LogP contribution is -2.49. The van der Waals surface area contributed by atoms with Crippen LogP contribution in [0.5, 0.6) is 0 Å². The number of rotatable bonds is 3. The van der Waals surface area contributed by atoms with E-state index in [2.05, 4.69) is 15.1 Å². The normalized spacial score (nSPS) is 29.5. The quantitative estimate of drug-likeness (QED) is 0.858. The first-order valence-electron chi connectivity index (χ1n) is 8.66. The lowest BCUT2D eigenvalue weighted by atomic mass is 9.99. The molecule has 0 aliphatic carbocycles. The number of carbonyl (C=O) groups excluding carboxylic acids is 1. The van der Waals surface area contributed by atoms with Crippen LogP contribution in [0.3, 0.4) is 0 Å². The minimum Gasteiger partial charge on any atom is -0.343 e. The molecule has 21 heavy (non-hydrogen) atoms. The summed E-state index contributed by atoms with van der Waals surface area (Å²) in [5, 5.41) is 3.47. The zero-order chi connectivity index (χ0) is 14.5. The second kappa shape index (κ2) is 7.84. The number of likely N-dealkylation sites (tertiary alicyclic amines) is 2. The van der Waals surface area contributed by atoms with Gasteiger partial charge in [-0.1, -0.05) is 6.42 Å². The molecule has 3 heterocycles. The van der Waals surface area contributed by atoms with Gasteiger partial charge in [0.15, 0.2) is 0 Å². The molecule has 1 N–H and O–H groups in total. The lowest BCUT2D eigenvalue weighted by molar-refractivity contribution is -0.133. The van der Waals surface area contributed by atoms with E-state index in [1.54, 1.807) is 0 Å². The highest BCUT2D eigenvalue weighted by Crippen LogP contribution is 2.21. The van der Waals surface area contributed by atoms with Crippen molar-refractivity contribution >= 4 is 17.7 Å². The number of thioether (sulfide) groups is 1. The van der Waals surface area contributed by atoms with Crippen LogP contribution in [-0.4, -0.2) is 72.0 Å². The molecule has 5 heteroatoms. The molecule has 0 saturated carbocycles. The number of nitrogens with one attached hydrogen (secondary N) is 1. The summed E-state index contributed by atoms with van der Waals surface area (Å²) in [5.74, 6) is 2.65. The molecule has 0 spiro atoms. The van der Waals surface area contributed by atoms with Crippen molar-refractivity contribution in [1.29, 1.82) is 0 Å². The van der Waals surface area contributed by atoms with E-state index in [1.807, 2.05) is 11.8 Å². The van der Waals surface area contributed by atoms with Crippen molar-refractivity contribution in [3.63, 3.8) is 0 Å². The molecule has 0 bridgehead atoms. The number of carbonyl (C=O) groups is 1. The van der Waals surface area contributed by atoms with E-state index in [9.17, 15) is 4.79 Å². The Morgan fingerprint density at radius 3 is 2.52 bits per heavy atom. The number of amides is 1. The Morgan fingerprint density at radius 2 is 1.86 bits per heavy atom. The van der Waals surface area contributed by atoms with Crippen LogP contribution in [0.25, 0.3) is 0 Å². The summed E-state index contributed by atoms with van der Waals surface area (Å²) < 4.78 is 0. The Morgan fingerprint density at radius 1 is 1.10 bits per heavy atom. The molecule has 3 rings (SSSR count). The molecule has 3 fully saturated rings. The second-order valence-electron chi connectivity index (χ2n) is 6.64. The van der Waals surface area contributed by atoms with Crippen LogP contribution in [0.4, 0.5) is 0 Å². The summed E-state index contributed by atoms with van der Waals surface area (Å²) in [5.41, 5.74) is 0. The van der Waals surface area contributed by atoms with Gasteiger partial charge in [-0.15, -0.1) is 0 Å². The van der Waals surface area contributed by atoms with E-state index in [4.69, 9.17) is 0 Å². The van der Waals surface area contributed by atoms with Crippen molar-refractivity contribution in [3.05, 3.63) is 0 Å². The molecule has 1 unspecified atom stereocenters. The van der Waals surface area contributed by atoms with Gasteiger partial charge in [-0.2, -0.15) is 11.8 Å². The molecular formula is C16H29N3OS. The first-order chi connectivity index (χ1) is 10.3. The summed E-state index contributed by atoms with van der Waals surface area (Å²) in [6.07, 6.45) is 7.19. The van der Waals surface area contributed by atoms with Crippen LogP contribution < -0.4 is 5.32 Å². The largest absolute Gasteiger partial charge is 0.343 e. The van der Waals surface area contributed by atoms with E-state index in [0.717, 1.165) is 31.4 Å². The maximum Gasteiger partial charge on any atom is 0.224 e. The van der Waals surface area contributed by atoms with Gasteiger partial charge in [0.1, 0.15) is 0 Å². The predicted molar refractivity (Wildman–Crippen MR) is 88.8 cm³/mol. The minimum absolute atomic E-state index is 0.368. The zero-order valence-corrected chi connectivity index (χ0v) is 13.9. The molecule has 120 valence electrons. The van der Waals surface area contributed by atoms with Crippen molar-refractivity contribution in [2.24, 2.45) is 0 Å². The number of piperidine rings is 2. The van der Waals surface area contributed by atoms with E-state index >= 15 is 0 Å². The van der Waals surface area contributed by atoms with Gasteiger partial charge in [0.25, 0.3) is 0 Å². The fourth-order valence-corrected chi connectivity index (χ4v) is 4.80. The Balaban J connectivity index is 1.40. The van der Waals surface area contributed by atoms with Gasteiger partial charge in [0.2, 0.25) is 5.91 Å². The van der Waals surface area contributed by atoms with Crippen molar-refractivity contribution in [3.8, 4) is 0 Å². The van der Waals surface area contributed by atoms with E-state index in [0.29, 0.717) is 18.4 Å². The summed E-state index contributed by atoms with van der Waals surface area (Å²) in [6.45, 7) is 5.56. The number of hydrogen-bond acceptors (Lipinski definition) is 4. The highest BCUT2D eigenvalue weighted by Gasteiger charge is 2.28. The summed E-state index contributed by atoms with van der Waals surface area (Å²) in [6, 6.07) is 1.13. The van der Waals surface area contributed by atoms with Gasteiger partial charge in [-0.05, 0) is 38.8 Å². The fourth-order valence-electron chi connectivity index (χ4n) is 3.85. The highest BCUT2D eigenvalue weighted by molar-refractivity contribution is 7.99. The number of nitrogens with zero attached hydrogens (tertiary/aromatic N) is 2. The monoisotopic (exact) mass is 311 g/mol. The molecular weight excluding hydrogens is 282 g/mol. The van der Waals surface area contributed by atoms with Crippen LogP contribution >= 0.6 is 11.8 Å². The fraction of sp³-hybridized carbons (Fsp3) is 0.938. The van der Waals surface area contributed by atoms with Gasteiger partial charge in [-0.3, -0.25) is 4.79 Å². The molecule has 1 amide bonds. The standard InChI is InChI=1S/C16H29N3OS/c20-16(12-14-13-21-11-6-17-14)19-9-4-15(5-10-19)18-7-2-1-3-8-18/h14-15,17H,1-13H2. The molecule has 4 nitrogen and oxygen atoms in total. The maximum absolute atomic E-state index is 12.4. The van der Waals surface area contributed by atoms with Gasteiger partial charge in [0.05, 0.1) is 0 Å². The molecule has 3 aliphatic rings. The van der Waals surface area contributed by atoms with Crippen molar-refractivity contribution in [2.75, 3.05) is 44.2 Å². The van der Waals surface area contributed by atoms with Crippen molar-refractivity contribution < 1.29 is 4.79 Å². The highest BCUT2D eigenvalue weighted by atomic mass is 32.2. The van der Waals surface area contributed by atoms with Gasteiger partial charge in [-0.25, -0.2) is 0 Å². The van der Waals surface area contributed by atoms with E-state index in [-0.39, 0.29) is 0 Å². The Kier molecular flexibility index (Phi) is 5.83. The second-order valence-corrected chi connectivity index (χ2v) is 7.79. The lowest BCUT2D eigenvalue weighted by Gasteiger charge is -2.40. The predicted octanol–water partition coefficient (Wildman–Crippen LogP) is 1.56. The van der Waals surface area contributed by atoms with E-state index < -0.39 is 0 Å². The number of hydrogen-bond donors (Lipinski definition) is 1. The average Bonchev–Trinajstić information content (AvgIpc) is 2.57. The van der Waals surface area contributed by atoms with E-state index in [1.165, 1.54) is 50.9 Å². The summed E-state index contributed by atoms with van der Waals surface area (Å²) in [4.78, 5) is 17.2. The van der Waals surface area contributed by atoms with Crippen LogP contribution in [0.1, 0.15) is 38.5 Å². The third kappa shape index (κ3) is 4.36. The van der Waals surface area contributed by atoms with Crippen LogP contribution in [0.2, 0.25) is 0 Å². The third-order valence-electron chi connectivity index (χ3n) is 5.14. The zero-order valence-electron chi connectivity index (χ0n) is 13.1. The molecule has 1 atom stereocenters.